The number of carbonyl (C=O) groups is 13. The molecule has 0 saturated carbocycles. The molecule has 0 radical (unpaired) electrons. The van der Waals surface area contributed by atoms with E-state index >= 15 is 0 Å². The molecule has 0 aromatic carbocycles. The second kappa shape index (κ2) is 118. The van der Waals surface area contributed by atoms with E-state index in [9.17, 15) is 62.3 Å². The Morgan fingerprint density at radius 3 is 0.756 bits per heavy atom. The Bertz CT molecular complexity index is 2770. The minimum atomic E-state index is -0.981. The molecule has 0 spiro atoms. The van der Waals surface area contributed by atoms with Crippen molar-refractivity contribution in [3.63, 3.8) is 0 Å². The number of carboxylic acid groups (broad SMARTS) is 2. The summed E-state index contributed by atoms with van der Waals surface area (Å²) < 4.78 is 60.2. The summed E-state index contributed by atoms with van der Waals surface area (Å²) in [5.41, 5.74) is 2.46. The average Bonchev–Trinajstić information content (AvgIpc) is 0.975. The molecular weight excluding hydrogens is 1600 g/mol. The van der Waals surface area contributed by atoms with E-state index < -0.39 is 35.8 Å². The number of hydrogen-bond acceptors (Lipinski definition) is 28. The zero-order valence-corrected chi connectivity index (χ0v) is 78.0. The number of aliphatic hydroxyl groups is 2. The van der Waals surface area contributed by atoms with E-state index in [1.165, 1.54) is 117 Å². The Morgan fingerprint density at radius 2 is 0.520 bits per heavy atom. The van der Waals surface area contributed by atoms with Crippen molar-refractivity contribution < 1.29 is 144 Å². The topological polar surface area (TPSA) is 423 Å². The summed E-state index contributed by atoms with van der Waals surface area (Å²) in [4.78, 5) is 134. The van der Waals surface area contributed by atoms with Crippen LogP contribution in [0.2, 0.25) is 0 Å². The Balaban J connectivity index is -0.0000000983. The molecule has 2 unspecified atom stereocenters. The number of unbranched alkanes of at least 4 members (excludes halogenated alkanes) is 13. The number of hydrogen-bond donors (Lipinski definition) is 4. The van der Waals surface area contributed by atoms with Crippen LogP contribution >= 0.6 is 0 Å². The van der Waals surface area contributed by atoms with E-state index in [1.54, 1.807) is 48.8 Å². The SMILES string of the molecule is C=C(C)C(=O)O.C=C(C)C(=O)OC.C=C(C)C(=O)OCC(CC)CCCC.C=C(C)C(=O)OCCCC.C=C(C)C(=O)OCCCCCCCCCCCC.C=C(C)C(=O)OCCOC.C=CC(=O)O.C=CC(=O)OC.C=CC(=O)OCC(CC)CCCC.C=CC(=O)OCCCC.C=CC(=O)OCCO.C=CC(=O)OCCO.C=CC(=O)OCCOC. The standard InChI is InChI=1S/C16H30O2.C12H22O2.C11H20O2.C8H14O2.C7H12O3.C7H12O2.C6H10O3.2C5H8O3.C5H8O2.2C4H6O2.C3H4O2/c1-4-5-6-7-8-9-10-11-12-13-14-18-16(17)15(2)3;1-5-7-8-11(6-2)9-14-12(13)10(3)4;1-4-7-8-10(5-2)9-13-11(12)6-3;1-4-5-6-10-8(9)7(2)3;1-6(2)7(8)10-5-4-9-3;1-3-5-6-9-7(8)4-2;1-3-6(7)9-5-4-8-2;2*1-2-5(7)8-4-3-6;1-4(2)5(6)7-3;1-3-4(5)6-2;1-3(2)4(5)6;1-2-3(4)5/h2,4-14H2,1,3H3;11H,3,5-9H2,1-2,4H3;6,10H,3-5,7-9H2,1-2H3;2,4-6H2,1,3H3;1,4-5H2,2-3H3;4H,2-3,5-6H2,1H3;3H,1,4-5H2,2H3;2*2,6H,1,3-4H2;1H2,2-3H3;3H,1H2,2H3;1H2,2H3,(H,5,6);2H,1H2,(H,4,5). The van der Waals surface area contributed by atoms with E-state index in [0.717, 1.165) is 88.2 Å². The molecule has 0 aliphatic rings. The second-order valence-corrected chi connectivity index (χ2v) is 25.2. The van der Waals surface area contributed by atoms with Gasteiger partial charge in [-0.05, 0) is 85.5 Å². The summed E-state index contributed by atoms with van der Waals surface area (Å²) in [6, 6.07) is 0. The number of rotatable bonds is 52. The molecule has 0 aliphatic heterocycles. The fourth-order valence-electron chi connectivity index (χ4n) is 6.35. The van der Waals surface area contributed by atoms with Gasteiger partial charge < -0.3 is 82.0 Å². The highest BCUT2D eigenvalue weighted by Crippen LogP contribution is 2.15. The molecule has 0 bridgehead atoms. The van der Waals surface area contributed by atoms with Crippen LogP contribution in [0.5, 0.6) is 0 Å². The molecule has 0 aromatic heterocycles. The van der Waals surface area contributed by atoms with Gasteiger partial charge in [-0.25, -0.2) is 62.3 Å². The lowest BCUT2D eigenvalue weighted by atomic mass is 10.0. The minimum absolute atomic E-state index is 0.0465. The first-order valence-electron chi connectivity index (χ1n) is 40.7. The Kier molecular flexibility index (Phi) is 135. The zero-order valence-electron chi connectivity index (χ0n) is 78.0. The number of carboxylic acids is 2. The highest BCUT2D eigenvalue weighted by molar-refractivity contribution is 5.89. The largest absolute Gasteiger partial charge is 0.478 e. The third kappa shape index (κ3) is 150. The van der Waals surface area contributed by atoms with Crippen LogP contribution in [-0.2, 0) is 124 Å². The van der Waals surface area contributed by atoms with Crippen molar-refractivity contribution in [1.29, 1.82) is 0 Å². The van der Waals surface area contributed by atoms with E-state index in [1.807, 2.05) is 6.92 Å². The van der Waals surface area contributed by atoms with Gasteiger partial charge in [-0.1, -0.05) is 243 Å². The van der Waals surface area contributed by atoms with Crippen LogP contribution in [0.4, 0.5) is 0 Å². The van der Waals surface area contributed by atoms with E-state index in [2.05, 4.69) is 170 Å². The van der Waals surface area contributed by atoms with Crippen molar-refractivity contribution in [2.24, 2.45) is 11.8 Å². The Labute approximate surface area is 737 Å². The maximum absolute atomic E-state index is 11.1. The van der Waals surface area contributed by atoms with Crippen molar-refractivity contribution in [2.45, 2.75) is 231 Å². The van der Waals surface area contributed by atoms with Crippen LogP contribution in [0.25, 0.3) is 0 Å². The molecule has 0 amide bonds. The third-order valence-corrected chi connectivity index (χ3v) is 13.6. The van der Waals surface area contributed by atoms with Gasteiger partial charge in [0.2, 0.25) is 0 Å². The van der Waals surface area contributed by atoms with Crippen LogP contribution in [-0.4, -0.2) is 212 Å². The fourth-order valence-corrected chi connectivity index (χ4v) is 6.35. The predicted molar refractivity (Wildman–Crippen MR) is 484 cm³/mol. The van der Waals surface area contributed by atoms with Gasteiger partial charge in [0.15, 0.2) is 0 Å². The quantitative estimate of drug-likeness (QED) is 0.0190. The number of ether oxygens (including phenoxy) is 13. The maximum Gasteiger partial charge on any atom is 0.333 e. The lowest BCUT2D eigenvalue weighted by molar-refractivity contribution is -0.141. The van der Waals surface area contributed by atoms with Crippen LogP contribution in [0.1, 0.15) is 231 Å². The summed E-state index contributed by atoms with van der Waals surface area (Å²) in [7, 11) is 5.73. The molecule has 0 fully saturated rings. The lowest BCUT2D eigenvalue weighted by Crippen LogP contribution is -2.14. The number of aliphatic carboxylic acids is 2. The van der Waals surface area contributed by atoms with Gasteiger partial charge in [0.1, 0.15) is 26.4 Å². The normalized spacial score (nSPS) is 9.36. The summed E-state index contributed by atoms with van der Waals surface area (Å²) in [5, 5.41) is 31.7. The average molecular weight is 1760 g/mol. The number of methoxy groups -OCH3 is 4. The van der Waals surface area contributed by atoms with Crippen LogP contribution in [0, 0.1) is 11.8 Å². The second-order valence-electron chi connectivity index (χ2n) is 25.2. The smallest absolute Gasteiger partial charge is 0.333 e. The van der Waals surface area contributed by atoms with Crippen molar-refractivity contribution >= 4 is 77.6 Å². The molecule has 4 N–H and O–H groups in total. The molecule has 0 aromatic rings. The number of esters is 11. The molecule has 30 heteroatoms. The monoisotopic (exact) mass is 1760 g/mol. The van der Waals surface area contributed by atoms with Gasteiger partial charge in [0, 0.05) is 90.2 Å². The Hall–Kier alpha value is -10.4. The highest BCUT2D eigenvalue weighted by Gasteiger charge is 2.11. The zero-order chi connectivity index (χ0) is 98.0. The van der Waals surface area contributed by atoms with Gasteiger partial charge >= 0.3 is 77.6 Å². The highest BCUT2D eigenvalue weighted by atomic mass is 16.6. The minimum Gasteiger partial charge on any atom is -0.478 e. The van der Waals surface area contributed by atoms with Crippen molar-refractivity contribution in [3.05, 3.63) is 161 Å². The number of aliphatic hydroxyl groups excluding tert-OH is 2. The third-order valence-electron chi connectivity index (χ3n) is 13.6. The van der Waals surface area contributed by atoms with Crippen molar-refractivity contribution in [3.8, 4) is 0 Å². The molecule has 30 nitrogen and oxygen atoms in total. The predicted octanol–water partition coefficient (Wildman–Crippen LogP) is 17.2. The molecule has 0 rings (SSSR count). The lowest BCUT2D eigenvalue weighted by Gasteiger charge is -2.14. The van der Waals surface area contributed by atoms with Gasteiger partial charge in [-0.15, -0.1) is 0 Å². The van der Waals surface area contributed by atoms with Gasteiger partial charge in [-0.3, -0.25) is 0 Å². The van der Waals surface area contributed by atoms with E-state index in [4.69, 9.17) is 39.4 Å². The molecular formula is C93H160O30. The number of carbonyl (C=O) groups excluding carboxylic acids is 11. The van der Waals surface area contributed by atoms with Gasteiger partial charge in [0.05, 0.1) is 73.7 Å². The van der Waals surface area contributed by atoms with Crippen LogP contribution < -0.4 is 0 Å². The van der Waals surface area contributed by atoms with Crippen molar-refractivity contribution in [1.82, 2.24) is 0 Å². The summed E-state index contributed by atoms with van der Waals surface area (Å²) in [5.74, 6) is -4.85. The molecule has 123 heavy (non-hydrogen) atoms. The first kappa shape index (κ1) is 141. The molecule has 712 valence electrons. The summed E-state index contributed by atoms with van der Waals surface area (Å²) in [6.45, 7) is 71.3. The molecule has 0 aliphatic carbocycles. The summed E-state index contributed by atoms with van der Waals surface area (Å²) >= 11 is 0. The Morgan fingerprint density at radius 1 is 0.276 bits per heavy atom. The van der Waals surface area contributed by atoms with Gasteiger partial charge in [-0.2, -0.15) is 0 Å². The van der Waals surface area contributed by atoms with E-state index in [-0.39, 0.29) is 73.8 Å². The molecule has 0 saturated heterocycles. The fraction of sp³-hybridized carbons (Fsp3) is 0.581. The van der Waals surface area contributed by atoms with Crippen molar-refractivity contribution in [2.75, 3.05) is 114 Å². The maximum atomic E-state index is 11.1. The first-order valence-corrected chi connectivity index (χ1v) is 40.7. The summed E-state index contributed by atoms with van der Waals surface area (Å²) in [6.07, 6.45) is 33.7. The molecule has 2 atom stereocenters. The van der Waals surface area contributed by atoms with Gasteiger partial charge in [0.25, 0.3) is 0 Å². The van der Waals surface area contributed by atoms with Crippen LogP contribution in [0.15, 0.2) is 161 Å². The van der Waals surface area contributed by atoms with E-state index in [0.29, 0.717) is 99.2 Å². The first-order chi connectivity index (χ1) is 58.0. The molecule has 0 heterocycles. The van der Waals surface area contributed by atoms with Crippen LogP contribution in [0.3, 0.4) is 0 Å².